The van der Waals surface area contributed by atoms with Crippen molar-refractivity contribution in [3.8, 4) is 0 Å². The Balaban J connectivity index is 2.20. The summed E-state index contributed by atoms with van der Waals surface area (Å²) in [5.41, 5.74) is 1.74. The number of hydrogen-bond donors (Lipinski definition) is 0. The molecule has 0 aromatic heterocycles. The summed E-state index contributed by atoms with van der Waals surface area (Å²) in [7, 11) is 4.31. The second kappa shape index (κ2) is 5.36. The van der Waals surface area contributed by atoms with E-state index in [0.29, 0.717) is 5.78 Å². The van der Waals surface area contributed by atoms with Gasteiger partial charge in [-0.25, -0.2) is 0 Å². The maximum Gasteiger partial charge on any atom is 0.204 e. The van der Waals surface area contributed by atoms with Gasteiger partial charge < -0.3 is 4.48 Å². The largest absolute Gasteiger partial charge is 0.320 e. The van der Waals surface area contributed by atoms with E-state index in [2.05, 4.69) is 45.3 Å². The lowest BCUT2D eigenvalue weighted by atomic mass is 9.65. The number of likely N-dealkylation sites (tertiary alicyclic amines) is 1. The van der Waals surface area contributed by atoms with Gasteiger partial charge in [-0.1, -0.05) is 60.7 Å². The van der Waals surface area contributed by atoms with Gasteiger partial charge in [0.25, 0.3) is 0 Å². The van der Waals surface area contributed by atoms with E-state index >= 15 is 0 Å². The third-order valence-corrected chi connectivity index (χ3v) is 5.44. The van der Waals surface area contributed by atoms with Crippen molar-refractivity contribution < 1.29 is 9.28 Å². The summed E-state index contributed by atoms with van der Waals surface area (Å²) in [5.74, 6) is 0.334. The second-order valence-electron chi connectivity index (χ2n) is 6.93. The molecule has 3 rings (SSSR count). The Labute approximate surface area is 133 Å². The molecule has 1 heterocycles. The molecule has 2 aromatic carbocycles. The van der Waals surface area contributed by atoms with Gasteiger partial charge in [0.05, 0.1) is 26.1 Å². The van der Waals surface area contributed by atoms with E-state index in [0.717, 1.165) is 28.6 Å². The third-order valence-electron chi connectivity index (χ3n) is 5.44. The zero-order chi connectivity index (χ0) is 15.8. The van der Waals surface area contributed by atoms with E-state index in [1.165, 1.54) is 0 Å². The van der Waals surface area contributed by atoms with Crippen molar-refractivity contribution >= 4 is 5.78 Å². The van der Waals surface area contributed by atoms with Crippen LogP contribution in [0.15, 0.2) is 60.7 Å². The average molecular weight is 294 g/mol. The normalized spacial score (nSPS) is 23.2. The van der Waals surface area contributed by atoms with E-state index in [9.17, 15) is 4.79 Å². The van der Waals surface area contributed by atoms with Gasteiger partial charge in [0, 0.05) is 6.42 Å². The lowest BCUT2D eigenvalue weighted by Crippen LogP contribution is -2.63. The predicted molar refractivity (Wildman–Crippen MR) is 89.7 cm³/mol. The maximum absolute atomic E-state index is 13.4. The molecule has 2 aromatic rings. The van der Waals surface area contributed by atoms with E-state index in [4.69, 9.17) is 0 Å². The van der Waals surface area contributed by atoms with Gasteiger partial charge in [0.1, 0.15) is 6.04 Å². The van der Waals surface area contributed by atoms with Crippen molar-refractivity contribution in [2.75, 3.05) is 20.6 Å². The Kier molecular flexibility index (Phi) is 3.65. The van der Waals surface area contributed by atoms with Gasteiger partial charge in [-0.3, -0.25) is 4.79 Å². The van der Waals surface area contributed by atoms with Gasteiger partial charge in [-0.05, 0) is 18.1 Å². The molecular weight excluding hydrogens is 270 g/mol. The molecule has 0 spiro atoms. The fourth-order valence-electron chi connectivity index (χ4n) is 3.63. The van der Waals surface area contributed by atoms with Crippen LogP contribution in [0, 0.1) is 0 Å². The molecule has 0 radical (unpaired) electrons. The number of quaternary nitrogens is 1. The molecule has 1 atom stereocenters. The van der Waals surface area contributed by atoms with Crippen LogP contribution in [0.4, 0.5) is 0 Å². The summed E-state index contributed by atoms with van der Waals surface area (Å²) >= 11 is 0. The number of nitrogens with zero attached hydrogens (tertiary/aromatic N) is 1. The molecule has 0 aliphatic carbocycles. The van der Waals surface area contributed by atoms with Crippen LogP contribution in [0.1, 0.15) is 24.5 Å². The molecule has 2 nitrogen and oxygen atoms in total. The molecule has 1 saturated heterocycles. The standard InChI is InChI=1S/C20H24NO/c1-16-19(22)20(14-15-21(16,2)3,17-10-6-4-7-11-17)18-12-8-5-9-13-18/h4-13,16H,14-15H2,1-3H3/q+1/t16-/m0/s1. The van der Waals surface area contributed by atoms with Crippen molar-refractivity contribution in [1.82, 2.24) is 0 Å². The minimum absolute atomic E-state index is 0.00541. The van der Waals surface area contributed by atoms with Gasteiger partial charge >= 0.3 is 0 Å². The molecule has 1 aliphatic rings. The molecule has 0 N–H and O–H groups in total. The van der Waals surface area contributed by atoms with Crippen LogP contribution >= 0.6 is 0 Å². The summed E-state index contributed by atoms with van der Waals surface area (Å²) in [4.78, 5) is 13.4. The highest BCUT2D eigenvalue weighted by molar-refractivity contribution is 5.97. The lowest BCUT2D eigenvalue weighted by Gasteiger charge is -2.47. The lowest BCUT2D eigenvalue weighted by molar-refractivity contribution is -0.907. The maximum atomic E-state index is 13.4. The van der Waals surface area contributed by atoms with Crippen LogP contribution in [0.3, 0.4) is 0 Å². The number of ketones is 1. The smallest absolute Gasteiger partial charge is 0.204 e. The average Bonchev–Trinajstić information content (AvgIpc) is 2.55. The van der Waals surface area contributed by atoms with Crippen LogP contribution in [0.25, 0.3) is 0 Å². The highest BCUT2D eigenvalue weighted by atomic mass is 16.1. The first-order valence-corrected chi connectivity index (χ1v) is 7.96. The number of benzene rings is 2. The third kappa shape index (κ3) is 2.19. The number of rotatable bonds is 2. The highest BCUT2D eigenvalue weighted by Gasteiger charge is 2.52. The number of likely N-dealkylation sites (N-methyl/N-ethyl adjacent to an activating group) is 1. The first-order valence-electron chi connectivity index (χ1n) is 7.96. The molecule has 0 saturated carbocycles. The van der Waals surface area contributed by atoms with Gasteiger partial charge in [-0.15, -0.1) is 0 Å². The Bertz CT molecular complexity index is 621. The van der Waals surface area contributed by atoms with Gasteiger partial charge in [0.2, 0.25) is 5.78 Å². The van der Waals surface area contributed by atoms with E-state index in [-0.39, 0.29) is 6.04 Å². The fourth-order valence-corrected chi connectivity index (χ4v) is 3.63. The molecule has 114 valence electrons. The van der Waals surface area contributed by atoms with E-state index in [1.807, 2.05) is 36.4 Å². The molecular formula is C20H24NO+. The van der Waals surface area contributed by atoms with Crippen LogP contribution in [0.2, 0.25) is 0 Å². The molecule has 0 unspecified atom stereocenters. The topological polar surface area (TPSA) is 17.1 Å². The number of hydrogen-bond acceptors (Lipinski definition) is 1. The molecule has 1 aliphatic heterocycles. The van der Waals surface area contributed by atoms with E-state index < -0.39 is 5.41 Å². The van der Waals surface area contributed by atoms with Crippen LogP contribution in [-0.4, -0.2) is 36.9 Å². The van der Waals surface area contributed by atoms with Crippen molar-refractivity contribution in [2.24, 2.45) is 0 Å². The number of piperidine rings is 1. The zero-order valence-corrected chi connectivity index (χ0v) is 13.6. The van der Waals surface area contributed by atoms with Crippen LogP contribution in [0.5, 0.6) is 0 Å². The number of carbonyl (C=O) groups excluding carboxylic acids is 1. The first kappa shape index (κ1) is 15.0. The summed E-state index contributed by atoms with van der Waals surface area (Å²) in [6.45, 7) is 3.07. The van der Waals surface area contributed by atoms with Crippen molar-refractivity contribution in [3.05, 3.63) is 71.8 Å². The summed E-state index contributed by atoms with van der Waals surface area (Å²) < 4.78 is 0.764. The molecule has 0 amide bonds. The summed E-state index contributed by atoms with van der Waals surface area (Å²) in [6.07, 6.45) is 0.858. The van der Waals surface area contributed by atoms with E-state index in [1.54, 1.807) is 0 Å². The molecule has 2 heteroatoms. The number of carbonyl (C=O) groups is 1. The molecule has 22 heavy (non-hydrogen) atoms. The quantitative estimate of drug-likeness (QED) is 0.776. The van der Waals surface area contributed by atoms with Crippen molar-refractivity contribution in [1.29, 1.82) is 0 Å². The highest BCUT2D eigenvalue weighted by Crippen LogP contribution is 2.42. The minimum Gasteiger partial charge on any atom is -0.320 e. The second-order valence-corrected chi connectivity index (χ2v) is 6.93. The number of Topliss-reactive ketones (excluding diaryl/α,β-unsaturated/α-hetero) is 1. The van der Waals surface area contributed by atoms with Crippen LogP contribution in [-0.2, 0) is 10.2 Å². The van der Waals surface area contributed by atoms with Gasteiger partial charge in [0.15, 0.2) is 0 Å². The molecule has 0 bridgehead atoms. The Morgan fingerprint density at radius 1 is 0.909 bits per heavy atom. The summed E-state index contributed by atoms with van der Waals surface area (Å²) in [6, 6.07) is 20.6. The Morgan fingerprint density at radius 2 is 1.36 bits per heavy atom. The monoisotopic (exact) mass is 294 g/mol. The van der Waals surface area contributed by atoms with Gasteiger partial charge in [-0.2, -0.15) is 0 Å². The van der Waals surface area contributed by atoms with Crippen LogP contribution < -0.4 is 0 Å². The SMILES string of the molecule is C[C@H]1C(=O)C(c2ccccc2)(c2ccccc2)CC[N+]1(C)C. The minimum atomic E-state index is -0.504. The Morgan fingerprint density at radius 3 is 1.82 bits per heavy atom. The Hall–Kier alpha value is -1.93. The van der Waals surface area contributed by atoms with Crippen molar-refractivity contribution in [3.63, 3.8) is 0 Å². The van der Waals surface area contributed by atoms with Crippen molar-refractivity contribution in [2.45, 2.75) is 24.8 Å². The first-order chi connectivity index (χ1) is 10.5. The predicted octanol–water partition coefficient (Wildman–Crippen LogP) is 3.41. The summed E-state index contributed by atoms with van der Waals surface area (Å²) in [5, 5.41) is 0. The fraction of sp³-hybridized carbons (Fsp3) is 0.350. The zero-order valence-electron chi connectivity index (χ0n) is 13.6. The molecule has 1 fully saturated rings.